The zero-order valence-corrected chi connectivity index (χ0v) is 12.3. The number of hydrogen-bond donors (Lipinski definition) is 2. The molecule has 0 fully saturated rings. The molecule has 0 saturated heterocycles. The van der Waals surface area contributed by atoms with Gasteiger partial charge in [-0.2, -0.15) is 0 Å². The van der Waals surface area contributed by atoms with E-state index in [4.69, 9.17) is 0 Å². The Kier molecular flexibility index (Phi) is 3.41. The lowest BCUT2D eigenvalue weighted by Gasteiger charge is -2.03. The van der Waals surface area contributed by atoms with Gasteiger partial charge in [-0.1, -0.05) is 6.92 Å². The van der Waals surface area contributed by atoms with Crippen molar-refractivity contribution in [1.82, 2.24) is 9.97 Å². The maximum Gasteiger partial charge on any atom is 0.255 e. The van der Waals surface area contributed by atoms with Crippen molar-refractivity contribution >= 4 is 16.7 Å². The van der Waals surface area contributed by atoms with E-state index in [9.17, 15) is 14.0 Å². The van der Waals surface area contributed by atoms with Gasteiger partial charge in [0.05, 0.1) is 5.69 Å². The molecule has 3 aromatic rings. The van der Waals surface area contributed by atoms with E-state index >= 15 is 0 Å². The number of carbonyl (C=O) groups excluding carboxylic acids is 1. The number of H-pyrrole nitrogens is 2. The minimum atomic E-state index is -0.320. The number of hydrogen-bond acceptors (Lipinski definition) is 2. The average molecular weight is 298 g/mol. The van der Waals surface area contributed by atoms with Gasteiger partial charge in [-0.3, -0.25) is 9.59 Å². The van der Waals surface area contributed by atoms with Crippen molar-refractivity contribution in [2.45, 2.75) is 20.3 Å². The number of nitrogens with one attached hydrogen (secondary N) is 2. The molecular formula is C17H15FN2O2. The normalized spacial score (nSPS) is 11.0. The third-order valence-corrected chi connectivity index (χ3v) is 3.79. The quantitative estimate of drug-likeness (QED) is 0.728. The molecule has 0 aliphatic rings. The summed E-state index contributed by atoms with van der Waals surface area (Å²) in [7, 11) is 0. The van der Waals surface area contributed by atoms with Crippen LogP contribution in [0.3, 0.4) is 0 Å². The van der Waals surface area contributed by atoms with Gasteiger partial charge in [0, 0.05) is 35.2 Å². The van der Waals surface area contributed by atoms with Crippen molar-refractivity contribution in [3.05, 3.63) is 57.9 Å². The molecule has 0 saturated carbocycles. The molecule has 0 spiro atoms. The highest BCUT2D eigenvalue weighted by Gasteiger charge is 2.20. The van der Waals surface area contributed by atoms with Crippen molar-refractivity contribution in [3.8, 4) is 11.1 Å². The molecule has 1 aromatic carbocycles. The number of ketones is 1. The molecule has 0 amide bonds. The van der Waals surface area contributed by atoms with Gasteiger partial charge in [-0.05, 0) is 36.2 Å². The highest BCUT2D eigenvalue weighted by atomic mass is 19.1. The van der Waals surface area contributed by atoms with Crippen LogP contribution in [0.5, 0.6) is 0 Å². The molecular weight excluding hydrogens is 283 g/mol. The van der Waals surface area contributed by atoms with Gasteiger partial charge >= 0.3 is 0 Å². The molecule has 0 unspecified atom stereocenters. The summed E-state index contributed by atoms with van der Waals surface area (Å²) < 4.78 is 14.0. The third-order valence-electron chi connectivity index (χ3n) is 3.79. The van der Waals surface area contributed by atoms with Crippen molar-refractivity contribution in [2.75, 3.05) is 0 Å². The molecule has 2 N–H and O–H groups in total. The van der Waals surface area contributed by atoms with Gasteiger partial charge in [0.2, 0.25) is 0 Å². The van der Waals surface area contributed by atoms with Gasteiger partial charge in [-0.15, -0.1) is 0 Å². The van der Waals surface area contributed by atoms with Crippen LogP contribution in [0.4, 0.5) is 4.39 Å². The van der Waals surface area contributed by atoms with Crippen molar-refractivity contribution < 1.29 is 9.18 Å². The van der Waals surface area contributed by atoms with E-state index in [1.165, 1.54) is 19.2 Å². The highest BCUT2D eigenvalue weighted by molar-refractivity contribution is 6.09. The van der Waals surface area contributed by atoms with Gasteiger partial charge in [-0.25, -0.2) is 4.39 Å². The topological polar surface area (TPSA) is 65.7 Å². The summed E-state index contributed by atoms with van der Waals surface area (Å²) in [4.78, 5) is 29.6. The zero-order chi connectivity index (χ0) is 15.9. The number of fused-ring (bicyclic) bond motifs is 1. The number of pyridine rings is 1. The second kappa shape index (κ2) is 5.26. The summed E-state index contributed by atoms with van der Waals surface area (Å²) in [6, 6.07) is 6.43. The Bertz CT molecular complexity index is 937. The van der Waals surface area contributed by atoms with Crippen LogP contribution in [0.1, 0.15) is 29.9 Å². The van der Waals surface area contributed by atoms with E-state index in [1.807, 2.05) is 6.92 Å². The van der Waals surface area contributed by atoms with E-state index < -0.39 is 0 Å². The molecule has 4 nitrogen and oxygen atoms in total. The van der Waals surface area contributed by atoms with E-state index in [2.05, 4.69) is 9.97 Å². The predicted octanol–water partition coefficient (Wildman–Crippen LogP) is 3.43. The van der Waals surface area contributed by atoms with Crippen molar-refractivity contribution in [1.29, 1.82) is 0 Å². The molecule has 0 radical (unpaired) electrons. The monoisotopic (exact) mass is 298 g/mol. The number of aromatic amines is 2. The fraction of sp³-hybridized carbons (Fsp3) is 0.176. The van der Waals surface area contributed by atoms with E-state index in [1.54, 1.807) is 18.2 Å². The minimum Gasteiger partial charge on any atom is -0.352 e. The number of rotatable bonds is 3. The van der Waals surface area contributed by atoms with E-state index in [0.717, 1.165) is 0 Å². The first-order valence-corrected chi connectivity index (χ1v) is 7.06. The Morgan fingerprint density at radius 3 is 2.73 bits per heavy atom. The van der Waals surface area contributed by atoms with Crippen LogP contribution in [-0.4, -0.2) is 15.8 Å². The Hall–Kier alpha value is -2.69. The van der Waals surface area contributed by atoms with E-state index in [-0.39, 0.29) is 17.2 Å². The SMILES string of the molecule is CCc1cc2c(-c3ccc[nH]c3=O)c(C(C)=O)[nH]c2cc1F. The molecule has 22 heavy (non-hydrogen) atoms. The molecule has 0 atom stereocenters. The maximum atomic E-state index is 14.0. The van der Waals surface area contributed by atoms with Crippen LogP contribution in [0.15, 0.2) is 35.3 Å². The number of benzene rings is 1. The van der Waals surface area contributed by atoms with E-state index in [0.29, 0.717) is 39.7 Å². The lowest BCUT2D eigenvalue weighted by atomic mass is 9.99. The summed E-state index contributed by atoms with van der Waals surface area (Å²) in [6.07, 6.45) is 2.07. The Morgan fingerprint density at radius 2 is 2.09 bits per heavy atom. The Morgan fingerprint density at radius 1 is 1.32 bits per heavy atom. The van der Waals surface area contributed by atoms with Gasteiger partial charge in [0.15, 0.2) is 5.78 Å². The number of aromatic nitrogens is 2. The summed E-state index contributed by atoms with van der Waals surface area (Å²) in [5, 5.41) is 0.681. The van der Waals surface area contributed by atoms with Crippen LogP contribution in [0.25, 0.3) is 22.0 Å². The Balaban J connectivity index is 2.45. The first-order valence-electron chi connectivity index (χ1n) is 7.06. The van der Waals surface area contributed by atoms with Crippen LogP contribution < -0.4 is 5.56 Å². The molecule has 3 rings (SSSR count). The largest absolute Gasteiger partial charge is 0.352 e. The van der Waals surface area contributed by atoms with Crippen LogP contribution in [0.2, 0.25) is 0 Å². The Labute approximate surface area is 126 Å². The summed E-state index contributed by atoms with van der Waals surface area (Å²) in [5.74, 6) is -0.521. The predicted molar refractivity (Wildman–Crippen MR) is 83.7 cm³/mol. The molecule has 2 aromatic heterocycles. The van der Waals surface area contributed by atoms with Crippen molar-refractivity contribution in [2.24, 2.45) is 0 Å². The molecule has 0 bridgehead atoms. The fourth-order valence-corrected chi connectivity index (χ4v) is 2.69. The van der Waals surface area contributed by atoms with Crippen LogP contribution in [-0.2, 0) is 6.42 Å². The number of halogens is 1. The first kappa shape index (κ1) is 14.3. The number of carbonyl (C=O) groups is 1. The van der Waals surface area contributed by atoms with Crippen LogP contribution >= 0.6 is 0 Å². The smallest absolute Gasteiger partial charge is 0.255 e. The standard InChI is InChI=1S/C17H15FN2O2/c1-3-10-7-12-14(8-13(10)18)20-16(9(2)21)15(12)11-5-4-6-19-17(11)22/h4-8,20H,3H2,1-2H3,(H,19,22). The third kappa shape index (κ3) is 2.15. The first-order chi connectivity index (χ1) is 10.5. The molecule has 5 heteroatoms. The fourth-order valence-electron chi connectivity index (χ4n) is 2.69. The molecule has 0 aliphatic heterocycles. The molecule has 2 heterocycles. The summed E-state index contributed by atoms with van der Waals surface area (Å²) in [6.45, 7) is 3.28. The highest BCUT2D eigenvalue weighted by Crippen LogP contribution is 2.32. The van der Waals surface area contributed by atoms with Gasteiger partial charge in [0.25, 0.3) is 5.56 Å². The zero-order valence-electron chi connectivity index (χ0n) is 12.3. The second-order valence-electron chi connectivity index (χ2n) is 5.19. The summed E-state index contributed by atoms with van der Waals surface area (Å²) >= 11 is 0. The summed E-state index contributed by atoms with van der Waals surface area (Å²) in [5.41, 5.74) is 2.02. The molecule has 112 valence electrons. The maximum absolute atomic E-state index is 14.0. The lowest BCUT2D eigenvalue weighted by molar-refractivity contribution is 0.101. The number of Topliss-reactive ketones (excluding diaryl/α,β-unsaturated/α-hetero) is 1. The van der Waals surface area contributed by atoms with Crippen molar-refractivity contribution in [3.63, 3.8) is 0 Å². The van der Waals surface area contributed by atoms with Gasteiger partial charge in [0.1, 0.15) is 5.82 Å². The molecule has 0 aliphatic carbocycles. The number of aryl methyl sites for hydroxylation is 1. The minimum absolute atomic E-state index is 0.201. The average Bonchev–Trinajstić information content (AvgIpc) is 2.85. The second-order valence-corrected chi connectivity index (χ2v) is 5.19. The van der Waals surface area contributed by atoms with Crippen LogP contribution in [0, 0.1) is 5.82 Å². The lowest BCUT2D eigenvalue weighted by Crippen LogP contribution is -2.08. The van der Waals surface area contributed by atoms with Gasteiger partial charge < -0.3 is 9.97 Å².